The highest BCUT2D eigenvalue weighted by molar-refractivity contribution is 7.89. The molecule has 0 aliphatic carbocycles. The standard InChI is InChI=1S/C27H25F3N2O6S/c28-27(29,30)21-9-3-1-7-17(21)15-25(33)31-14-6-5-10-22(26(34)35)32-39(36,37)18-12-13-24-20(16-18)19-8-2-4-11-23(19)38-24/h1-4,7-9,11-13,16,22,32H,5-6,10,14-15H2,(H,31,33)(H,34,35). The number of carbonyl (C=O) groups is 2. The smallest absolute Gasteiger partial charge is 0.416 e. The molecule has 4 rings (SSSR count). The number of carboxylic acids is 1. The van der Waals surface area contributed by atoms with Crippen molar-refractivity contribution in [3.63, 3.8) is 0 Å². The normalized spacial score (nSPS) is 13.0. The van der Waals surface area contributed by atoms with E-state index in [0.29, 0.717) is 23.0 Å². The van der Waals surface area contributed by atoms with Crippen molar-refractivity contribution < 1.29 is 40.7 Å². The number of nitrogens with one attached hydrogen (secondary N) is 2. The molecule has 1 amide bonds. The fourth-order valence-electron chi connectivity index (χ4n) is 4.25. The minimum Gasteiger partial charge on any atom is -0.480 e. The molecule has 4 aromatic rings. The van der Waals surface area contributed by atoms with Gasteiger partial charge in [-0.25, -0.2) is 8.42 Å². The molecule has 39 heavy (non-hydrogen) atoms. The maximum Gasteiger partial charge on any atom is 0.416 e. The lowest BCUT2D eigenvalue weighted by atomic mass is 10.0. The third-order valence-corrected chi connectivity index (χ3v) is 7.64. The molecule has 0 aliphatic heterocycles. The molecule has 0 aliphatic rings. The Morgan fingerprint density at radius 3 is 2.36 bits per heavy atom. The number of hydrogen-bond acceptors (Lipinski definition) is 5. The molecule has 0 saturated heterocycles. The molecule has 1 aromatic heterocycles. The van der Waals surface area contributed by atoms with Crippen LogP contribution in [-0.4, -0.2) is 38.0 Å². The lowest BCUT2D eigenvalue weighted by Gasteiger charge is -2.15. The van der Waals surface area contributed by atoms with Crippen molar-refractivity contribution in [1.29, 1.82) is 0 Å². The minimum absolute atomic E-state index is 0.0573. The van der Waals surface area contributed by atoms with E-state index >= 15 is 0 Å². The number of rotatable bonds is 11. The minimum atomic E-state index is -4.58. The molecule has 0 radical (unpaired) electrons. The van der Waals surface area contributed by atoms with Gasteiger partial charge in [0.05, 0.1) is 16.9 Å². The monoisotopic (exact) mass is 562 g/mol. The van der Waals surface area contributed by atoms with Crippen molar-refractivity contribution in [2.24, 2.45) is 0 Å². The van der Waals surface area contributed by atoms with E-state index in [0.717, 1.165) is 11.5 Å². The van der Waals surface area contributed by atoms with Gasteiger partial charge in [0.2, 0.25) is 15.9 Å². The predicted molar refractivity (Wildman–Crippen MR) is 137 cm³/mol. The van der Waals surface area contributed by atoms with Gasteiger partial charge in [-0.15, -0.1) is 0 Å². The Balaban J connectivity index is 1.31. The quantitative estimate of drug-likeness (QED) is 0.224. The first-order chi connectivity index (χ1) is 18.5. The molecule has 1 heterocycles. The number of alkyl halides is 3. The lowest BCUT2D eigenvalue weighted by Crippen LogP contribution is -2.40. The Labute approximate surface area is 221 Å². The third-order valence-electron chi connectivity index (χ3n) is 6.17. The fourth-order valence-corrected chi connectivity index (χ4v) is 5.50. The van der Waals surface area contributed by atoms with E-state index in [9.17, 15) is 36.3 Å². The first-order valence-corrected chi connectivity index (χ1v) is 13.5. The molecule has 12 heteroatoms. The van der Waals surface area contributed by atoms with Crippen LogP contribution in [0.3, 0.4) is 0 Å². The molecule has 206 valence electrons. The SMILES string of the molecule is O=C(Cc1ccccc1C(F)(F)F)NCCCCC(NS(=O)(=O)c1ccc2oc3ccccc3c2c1)C(=O)O. The van der Waals surface area contributed by atoms with Crippen molar-refractivity contribution in [2.45, 2.75) is 42.8 Å². The number of hydrogen-bond donors (Lipinski definition) is 3. The third kappa shape index (κ3) is 6.76. The van der Waals surface area contributed by atoms with Crippen LogP contribution in [0.15, 0.2) is 76.0 Å². The number of carbonyl (C=O) groups excluding carboxylic acids is 1. The fraction of sp³-hybridized carbons (Fsp3) is 0.259. The summed E-state index contributed by atoms with van der Waals surface area (Å²) < 4.78 is 73.1. The van der Waals surface area contributed by atoms with Gasteiger partial charge >= 0.3 is 12.1 Å². The van der Waals surface area contributed by atoms with Crippen molar-refractivity contribution in [3.05, 3.63) is 77.9 Å². The molecule has 1 unspecified atom stereocenters. The molecule has 0 fully saturated rings. The molecular formula is C27H25F3N2O6S. The predicted octanol–water partition coefficient (Wildman–Crippen LogP) is 4.87. The Kier molecular flexibility index (Phi) is 8.26. The van der Waals surface area contributed by atoms with Gasteiger partial charge in [0.1, 0.15) is 17.2 Å². The van der Waals surface area contributed by atoms with Crippen LogP contribution >= 0.6 is 0 Å². The average Bonchev–Trinajstić information content (AvgIpc) is 3.25. The first-order valence-electron chi connectivity index (χ1n) is 12.0. The van der Waals surface area contributed by atoms with Crippen LogP contribution in [0.1, 0.15) is 30.4 Å². The summed E-state index contributed by atoms with van der Waals surface area (Å²) in [6.45, 7) is 0.0936. The zero-order chi connectivity index (χ0) is 28.2. The van der Waals surface area contributed by atoms with Gasteiger partial charge in [0, 0.05) is 17.3 Å². The molecule has 3 N–H and O–H groups in total. The number of unbranched alkanes of at least 4 members (excludes halogenated alkanes) is 1. The van der Waals surface area contributed by atoms with E-state index in [2.05, 4.69) is 10.0 Å². The summed E-state index contributed by atoms with van der Waals surface area (Å²) in [5.41, 5.74) is 0.0604. The first kappa shape index (κ1) is 28.1. The van der Waals surface area contributed by atoms with E-state index in [1.165, 1.54) is 36.4 Å². The highest BCUT2D eigenvalue weighted by Gasteiger charge is 2.33. The van der Waals surface area contributed by atoms with Gasteiger partial charge in [-0.05, 0) is 55.2 Å². The number of fused-ring (bicyclic) bond motifs is 3. The van der Waals surface area contributed by atoms with Crippen molar-refractivity contribution in [1.82, 2.24) is 10.0 Å². The second-order valence-corrected chi connectivity index (χ2v) is 10.7. The summed E-state index contributed by atoms with van der Waals surface area (Å²) >= 11 is 0. The molecule has 8 nitrogen and oxygen atoms in total. The Hall–Kier alpha value is -3.90. The molecule has 0 bridgehead atoms. The molecule has 0 spiro atoms. The second-order valence-electron chi connectivity index (χ2n) is 8.95. The molecule has 1 atom stereocenters. The Morgan fingerprint density at radius 1 is 0.923 bits per heavy atom. The van der Waals surface area contributed by atoms with Crippen LogP contribution in [0.2, 0.25) is 0 Å². The number of benzene rings is 3. The Bertz CT molecular complexity index is 1610. The molecular weight excluding hydrogens is 537 g/mol. The van der Waals surface area contributed by atoms with Gasteiger partial charge in [-0.3, -0.25) is 9.59 Å². The summed E-state index contributed by atoms with van der Waals surface area (Å²) in [5.74, 6) is -1.97. The number of amides is 1. The van der Waals surface area contributed by atoms with Gasteiger partial charge < -0.3 is 14.8 Å². The maximum atomic E-state index is 13.1. The molecule has 0 saturated carbocycles. The summed E-state index contributed by atoms with van der Waals surface area (Å²) in [6.07, 6.45) is -4.55. The summed E-state index contributed by atoms with van der Waals surface area (Å²) in [5, 5.41) is 13.4. The maximum absolute atomic E-state index is 13.1. The lowest BCUT2D eigenvalue weighted by molar-refractivity contribution is -0.139. The summed E-state index contributed by atoms with van der Waals surface area (Å²) in [4.78, 5) is 23.8. The van der Waals surface area contributed by atoms with Crippen molar-refractivity contribution in [2.75, 3.05) is 6.54 Å². The summed E-state index contributed by atoms with van der Waals surface area (Å²) in [6, 6.07) is 14.8. The largest absolute Gasteiger partial charge is 0.480 e. The van der Waals surface area contributed by atoms with E-state index in [-0.39, 0.29) is 29.8 Å². The van der Waals surface area contributed by atoms with E-state index < -0.39 is 46.1 Å². The van der Waals surface area contributed by atoms with Crippen LogP contribution in [0, 0.1) is 0 Å². The van der Waals surface area contributed by atoms with Gasteiger partial charge in [-0.1, -0.05) is 36.4 Å². The van der Waals surface area contributed by atoms with Crippen LogP contribution in [0.4, 0.5) is 13.2 Å². The van der Waals surface area contributed by atoms with Gasteiger partial charge in [0.25, 0.3) is 0 Å². The number of sulfonamides is 1. The topological polar surface area (TPSA) is 126 Å². The van der Waals surface area contributed by atoms with E-state index in [1.807, 2.05) is 0 Å². The van der Waals surface area contributed by atoms with Gasteiger partial charge in [-0.2, -0.15) is 17.9 Å². The van der Waals surface area contributed by atoms with E-state index in [1.54, 1.807) is 24.3 Å². The highest BCUT2D eigenvalue weighted by Crippen LogP contribution is 2.32. The molecule has 3 aromatic carbocycles. The average molecular weight is 563 g/mol. The highest BCUT2D eigenvalue weighted by atomic mass is 32.2. The summed E-state index contributed by atoms with van der Waals surface area (Å²) in [7, 11) is -4.18. The van der Waals surface area contributed by atoms with Crippen LogP contribution in [-0.2, 0) is 32.2 Å². The van der Waals surface area contributed by atoms with E-state index in [4.69, 9.17) is 4.42 Å². The zero-order valence-corrected chi connectivity index (χ0v) is 21.3. The zero-order valence-electron chi connectivity index (χ0n) is 20.5. The number of carboxylic acid groups (broad SMARTS) is 1. The van der Waals surface area contributed by atoms with Gasteiger partial charge in [0.15, 0.2) is 0 Å². The van der Waals surface area contributed by atoms with Crippen molar-refractivity contribution in [3.8, 4) is 0 Å². The number of halogens is 3. The number of para-hydroxylation sites is 1. The van der Waals surface area contributed by atoms with Crippen LogP contribution in [0.25, 0.3) is 21.9 Å². The van der Waals surface area contributed by atoms with Crippen LogP contribution in [0.5, 0.6) is 0 Å². The van der Waals surface area contributed by atoms with Crippen molar-refractivity contribution >= 4 is 43.8 Å². The number of aliphatic carboxylic acids is 1. The van der Waals surface area contributed by atoms with Crippen LogP contribution < -0.4 is 10.0 Å². The number of furan rings is 1. The second kappa shape index (κ2) is 11.5. The Morgan fingerprint density at radius 2 is 1.62 bits per heavy atom.